The van der Waals surface area contributed by atoms with Gasteiger partial charge in [-0.3, -0.25) is 4.68 Å². The van der Waals surface area contributed by atoms with Crippen LogP contribution in [0, 0.1) is 13.8 Å². The summed E-state index contributed by atoms with van der Waals surface area (Å²) in [5.41, 5.74) is 5.61. The summed E-state index contributed by atoms with van der Waals surface area (Å²) in [6.07, 6.45) is 3.50. The predicted octanol–water partition coefficient (Wildman–Crippen LogP) is 4.15. The van der Waals surface area contributed by atoms with Crippen molar-refractivity contribution >= 4 is 16.7 Å². The predicted molar refractivity (Wildman–Crippen MR) is 128 cm³/mol. The normalized spacial score (nSPS) is 14.5. The molecule has 5 rings (SSSR count). The van der Waals surface area contributed by atoms with Crippen molar-refractivity contribution in [2.75, 3.05) is 25.6 Å². The average Bonchev–Trinajstić information content (AvgIpc) is 3.18. The van der Waals surface area contributed by atoms with Crippen LogP contribution in [0.25, 0.3) is 22.3 Å². The van der Waals surface area contributed by atoms with Crippen LogP contribution in [0.5, 0.6) is 5.75 Å². The lowest BCUT2D eigenvalue weighted by atomic mass is 10.1. The number of aromatic nitrogens is 5. The molecule has 1 aliphatic rings. The van der Waals surface area contributed by atoms with Gasteiger partial charge in [-0.25, -0.2) is 15.0 Å². The lowest BCUT2D eigenvalue weighted by molar-refractivity contribution is 0.0904. The maximum atomic E-state index is 5.54. The fourth-order valence-electron chi connectivity index (χ4n) is 4.24. The Balaban J connectivity index is 1.63. The highest BCUT2D eigenvalue weighted by atomic mass is 16.5. The monoisotopic (exact) mass is 444 g/mol. The highest BCUT2D eigenvalue weighted by molar-refractivity contribution is 6.00. The highest BCUT2D eigenvalue weighted by Crippen LogP contribution is 2.34. The van der Waals surface area contributed by atoms with Crippen LogP contribution in [0.3, 0.4) is 0 Å². The fraction of sp³-hybridized carbons (Fsp3) is 0.360. The van der Waals surface area contributed by atoms with Crippen LogP contribution in [-0.4, -0.2) is 51.1 Å². The van der Waals surface area contributed by atoms with Gasteiger partial charge in [-0.05, 0) is 56.5 Å². The van der Waals surface area contributed by atoms with Gasteiger partial charge < -0.3 is 14.8 Å². The first kappa shape index (κ1) is 21.3. The molecular formula is C25H28N6O2. The Morgan fingerprint density at radius 2 is 1.85 bits per heavy atom. The zero-order chi connectivity index (χ0) is 22.8. The molecule has 0 radical (unpaired) electrons. The molecule has 4 heterocycles. The van der Waals surface area contributed by atoms with Crippen LogP contribution >= 0.6 is 0 Å². The maximum Gasteiger partial charge on any atom is 0.138 e. The zero-order valence-electron chi connectivity index (χ0n) is 19.2. The third kappa shape index (κ3) is 4.52. The fourth-order valence-corrected chi connectivity index (χ4v) is 4.24. The molecule has 8 heteroatoms. The van der Waals surface area contributed by atoms with Crippen molar-refractivity contribution in [1.29, 1.82) is 0 Å². The first-order chi connectivity index (χ1) is 16.1. The Labute approximate surface area is 193 Å². The SMILES string of the molecule is COc1ccc(Cn2nc(-c3cc(C)ncn3)c3c(NC4CCOCC4)nc(C)cc32)cc1. The van der Waals surface area contributed by atoms with E-state index in [4.69, 9.17) is 19.6 Å². The third-order valence-electron chi connectivity index (χ3n) is 5.96. The summed E-state index contributed by atoms with van der Waals surface area (Å²) in [5.74, 6) is 1.69. The number of nitrogens with one attached hydrogen (secondary N) is 1. The minimum atomic E-state index is 0.321. The van der Waals surface area contributed by atoms with E-state index in [1.807, 2.05) is 36.7 Å². The first-order valence-corrected chi connectivity index (χ1v) is 11.2. The summed E-state index contributed by atoms with van der Waals surface area (Å²) < 4.78 is 12.9. The van der Waals surface area contributed by atoms with Crippen molar-refractivity contribution in [2.45, 2.75) is 39.3 Å². The quantitative estimate of drug-likeness (QED) is 0.478. The molecule has 1 fully saturated rings. The van der Waals surface area contributed by atoms with Crippen molar-refractivity contribution in [3.05, 3.63) is 59.7 Å². The molecule has 0 aliphatic carbocycles. The molecule has 1 saturated heterocycles. The summed E-state index contributed by atoms with van der Waals surface area (Å²) in [4.78, 5) is 13.7. The van der Waals surface area contributed by atoms with Crippen molar-refractivity contribution in [2.24, 2.45) is 0 Å². The van der Waals surface area contributed by atoms with Crippen LogP contribution in [0.15, 0.2) is 42.7 Å². The van der Waals surface area contributed by atoms with Gasteiger partial charge in [-0.2, -0.15) is 5.10 Å². The van der Waals surface area contributed by atoms with Crippen LogP contribution in [0.2, 0.25) is 0 Å². The summed E-state index contributed by atoms with van der Waals surface area (Å²) in [6, 6.07) is 12.5. The number of methoxy groups -OCH3 is 1. The van der Waals surface area contributed by atoms with E-state index in [0.29, 0.717) is 12.6 Å². The van der Waals surface area contributed by atoms with Crippen LogP contribution in [-0.2, 0) is 11.3 Å². The van der Waals surface area contributed by atoms with Crippen molar-refractivity contribution in [3.63, 3.8) is 0 Å². The second kappa shape index (κ2) is 9.15. The lowest BCUT2D eigenvalue weighted by Crippen LogP contribution is -2.28. The van der Waals surface area contributed by atoms with E-state index in [-0.39, 0.29) is 0 Å². The second-order valence-corrected chi connectivity index (χ2v) is 8.44. The molecule has 1 N–H and O–H groups in total. The molecule has 8 nitrogen and oxygen atoms in total. The Hall–Kier alpha value is -3.52. The Bertz CT molecular complexity index is 1260. The number of rotatable bonds is 6. The number of fused-ring (bicyclic) bond motifs is 1. The van der Waals surface area contributed by atoms with Gasteiger partial charge in [-0.15, -0.1) is 0 Å². The van der Waals surface area contributed by atoms with Gasteiger partial charge in [0.15, 0.2) is 0 Å². The molecular weight excluding hydrogens is 416 g/mol. The molecule has 1 aliphatic heterocycles. The smallest absolute Gasteiger partial charge is 0.138 e. The second-order valence-electron chi connectivity index (χ2n) is 8.44. The number of anilines is 1. The summed E-state index contributed by atoms with van der Waals surface area (Å²) in [5, 5.41) is 9.69. The van der Waals surface area contributed by atoms with Crippen molar-refractivity contribution < 1.29 is 9.47 Å². The number of pyridine rings is 1. The van der Waals surface area contributed by atoms with Gasteiger partial charge in [0.05, 0.1) is 30.3 Å². The third-order valence-corrected chi connectivity index (χ3v) is 5.96. The number of benzene rings is 1. The molecule has 0 atom stereocenters. The van der Waals surface area contributed by atoms with E-state index in [9.17, 15) is 0 Å². The molecule has 1 aromatic carbocycles. The molecule has 0 saturated carbocycles. The molecule has 3 aromatic heterocycles. The number of aryl methyl sites for hydroxylation is 2. The minimum absolute atomic E-state index is 0.321. The van der Waals surface area contributed by atoms with Gasteiger partial charge in [0.1, 0.15) is 23.6 Å². The van der Waals surface area contributed by atoms with Gasteiger partial charge in [0.2, 0.25) is 0 Å². The van der Waals surface area contributed by atoms with Gasteiger partial charge in [0, 0.05) is 30.6 Å². The Kier molecular flexibility index (Phi) is 5.92. The standard InChI is InChI=1S/C25H28N6O2/c1-16-12-21(27-15-26-16)24-23-22(31(30-24)14-18-4-6-20(32-3)7-5-18)13-17(2)28-25(23)29-19-8-10-33-11-9-19/h4-7,12-13,15,19H,8-11,14H2,1-3H3,(H,28,29). The summed E-state index contributed by atoms with van der Waals surface area (Å²) in [7, 11) is 1.68. The molecule has 0 amide bonds. The molecule has 0 spiro atoms. The van der Waals surface area contributed by atoms with Gasteiger partial charge in [-0.1, -0.05) is 12.1 Å². The molecule has 170 valence electrons. The molecule has 0 unspecified atom stereocenters. The largest absolute Gasteiger partial charge is 0.497 e. The van der Waals surface area contributed by atoms with E-state index < -0.39 is 0 Å². The van der Waals surface area contributed by atoms with Crippen LogP contribution in [0.1, 0.15) is 29.8 Å². The number of ether oxygens (including phenoxy) is 2. The first-order valence-electron chi connectivity index (χ1n) is 11.2. The summed E-state index contributed by atoms with van der Waals surface area (Å²) in [6.45, 7) is 6.15. The zero-order valence-corrected chi connectivity index (χ0v) is 19.2. The average molecular weight is 445 g/mol. The number of hydrogen-bond donors (Lipinski definition) is 1. The Morgan fingerprint density at radius 3 is 2.58 bits per heavy atom. The van der Waals surface area contributed by atoms with Crippen LogP contribution in [0.4, 0.5) is 5.82 Å². The molecule has 0 bridgehead atoms. The van der Waals surface area contributed by atoms with Crippen molar-refractivity contribution in [3.8, 4) is 17.1 Å². The van der Waals surface area contributed by atoms with E-state index in [1.165, 1.54) is 0 Å². The van der Waals surface area contributed by atoms with E-state index in [1.54, 1.807) is 13.4 Å². The lowest BCUT2D eigenvalue weighted by Gasteiger charge is -2.24. The number of hydrogen-bond acceptors (Lipinski definition) is 7. The molecule has 33 heavy (non-hydrogen) atoms. The summed E-state index contributed by atoms with van der Waals surface area (Å²) >= 11 is 0. The number of nitrogens with zero attached hydrogens (tertiary/aromatic N) is 5. The molecule has 4 aromatic rings. The maximum absolute atomic E-state index is 5.54. The van der Waals surface area contributed by atoms with E-state index in [2.05, 4.69) is 33.5 Å². The highest BCUT2D eigenvalue weighted by Gasteiger charge is 2.22. The topological polar surface area (TPSA) is 87.0 Å². The van der Waals surface area contributed by atoms with E-state index in [0.717, 1.165) is 76.9 Å². The van der Waals surface area contributed by atoms with Crippen molar-refractivity contribution in [1.82, 2.24) is 24.7 Å². The minimum Gasteiger partial charge on any atom is -0.497 e. The Morgan fingerprint density at radius 1 is 1.06 bits per heavy atom. The van der Waals surface area contributed by atoms with Crippen LogP contribution < -0.4 is 10.1 Å². The van der Waals surface area contributed by atoms with Gasteiger partial charge in [0.25, 0.3) is 0 Å². The van der Waals surface area contributed by atoms with Gasteiger partial charge >= 0.3 is 0 Å². The van der Waals surface area contributed by atoms with E-state index >= 15 is 0 Å².